The van der Waals surface area contributed by atoms with Gasteiger partial charge in [-0.3, -0.25) is 10.1 Å². The van der Waals surface area contributed by atoms with Gasteiger partial charge in [0.15, 0.2) is 29.2 Å². The van der Waals surface area contributed by atoms with Crippen LogP contribution >= 0.6 is 11.3 Å². The van der Waals surface area contributed by atoms with Gasteiger partial charge in [0.05, 0.1) is 4.70 Å². The number of rotatable bonds is 4. The largest absolute Gasteiger partial charge is 0.507 e. The van der Waals surface area contributed by atoms with Crippen LogP contribution in [-0.4, -0.2) is 28.6 Å². The maximum absolute atomic E-state index is 13.7. The van der Waals surface area contributed by atoms with E-state index in [-0.39, 0.29) is 21.1 Å². The second-order valence-corrected chi connectivity index (χ2v) is 7.22. The first-order chi connectivity index (χ1) is 14.3. The molecule has 0 unspecified atom stereocenters. The Hall–Kier alpha value is -3.66. The third kappa shape index (κ3) is 3.64. The molecule has 6 nitrogen and oxygen atoms in total. The minimum Gasteiger partial charge on any atom is -0.507 e. The zero-order valence-corrected chi connectivity index (χ0v) is 15.7. The molecule has 10 heteroatoms. The summed E-state index contributed by atoms with van der Waals surface area (Å²) in [5.74, 6) is -6.51. The summed E-state index contributed by atoms with van der Waals surface area (Å²) in [6, 6.07) is 10.7. The van der Waals surface area contributed by atoms with E-state index in [0.717, 1.165) is 22.8 Å². The van der Waals surface area contributed by atoms with E-state index in [4.69, 9.17) is 4.74 Å². The lowest BCUT2D eigenvalue weighted by molar-refractivity contribution is -0.119. The van der Waals surface area contributed by atoms with Crippen molar-refractivity contribution in [3.63, 3.8) is 0 Å². The van der Waals surface area contributed by atoms with Crippen LogP contribution in [0.5, 0.6) is 5.75 Å². The summed E-state index contributed by atoms with van der Waals surface area (Å²) in [6.45, 7) is -0.716. The minimum absolute atomic E-state index is 0.000203. The zero-order valence-electron chi connectivity index (χ0n) is 14.9. The van der Waals surface area contributed by atoms with E-state index in [1.54, 1.807) is 24.3 Å². The molecular formula is C20H11F3N2O4S. The molecule has 0 atom stereocenters. The van der Waals surface area contributed by atoms with Crippen LogP contribution in [0.4, 0.5) is 18.3 Å². The molecule has 0 saturated heterocycles. The number of aromatic hydroxyl groups is 1. The topological polar surface area (TPSA) is 88.5 Å². The first-order valence-electron chi connectivity index (χ1n) is 8.46. The number of phenols is 1. The highest BCUT2D eigenvalue weighted by atomic mass is 32.1. The number of carbonyl (C=O) groups is 2. The molecule has 0 radical (unpaired) electrons. The van der Waals surface area contributed by atoms with Gasteiger partial charge in [0, 0.05) is 0 Å². The van der Waals surface area contributed by atoms with Gasteiger partial charge in [0.1, 0.15) is 16.8 Å². The number of ether oxygens (including phenoxy) is 1. The van der Waals surface area contributed by atoms with Crippen molar-refractivity contribution >= 4 is 49.3 Å². The Balaban J connectivity index is 1.45. The summed E-state index contributed by atoms with van der Waals surface area (Å²) < 4.78 is 45.2. The van der Waals surface area contributed by atoms with Gasteiger partial charge in [-0.2, -0.15) is 0 Å². The molecule has 4 rings (SSSR count). The molecule has 0 saturated carbocycles. The van der Waals surface area contributed by atoms with Gasteiger partial charge < -0.3 is 9.84 Å². The number of aromatic nitrogens is 1. The molecule has 1 heterocycles. The standard InChI is InChI=1S/C20H11F3N2O4S/c21-12-7-14-18(17(23)16(12)22)25-20(30-14)24-15(27)8-29-19(28)11-5-9-3-1-2-4-10(9)6-13(11)26/h1-7,26H,8H2,(H,24,25,27). The average Bonchev–Trinajstić information content (AvgIpc) is 3.12. The van der Waals surface area contributed by atoms with Gasteiger partial charge in [0.25, 0.3) is 5.91 Å². The van der Waals surface area contributed by atoms with Crippen LogP contribution in [0.2, 0.25) is 0 Å². The fraction of sp³-hybridized carbons (Fsp3) is 0.0500. The minimum atomic E-state index is -1.66. The molecule has 2 N–H and O–H groups in total. The maximum Gasteiger partial charge on any atom is 0.342 e. The predicted octanol–water partition coefficient (Wildman–Crippen LogP) is 4.37. The van der Waals surface area contributed by atoms with Crippen LogP contribution < -0.4 is 5.32 Å². The van der Waals surface area contributed by atoms with Gasteiger partial charge in [-0.05, 0) is 29.0 Å². The number of nitrogens with zero attached hydrogens (tertiary/aromatic N) is 1. The monoisotopic (exact) mass is 432 g/mol. The molecule has 3 aromatic carbocycles. The molecule has 0 aliphatic carbocycles. The Morgan fingerprint density at radius 1 is 1.07 bits per heavy atom. The van der Waals surface area contributed by atoms with Crippen molar-refractivity contribution in [2.24, 2.45) is 0 Å². The highest BCUT2D eigenvalue weighted by molar-refractivity contribution is 7.22. The highest BCUT2D eigenvalue weighted by Gasteiger charge is 2.19. The Bertz CT molecular complexity index is 1320. The molecule has 0 aliphatic heterocycles. The van der Waals surface area contributed by atoms with Crippen LogP contribution in [0, 0.1) is 17.5 Å². The average molecular weight is 432 g/mol. The molecule has 1 aromatic heterocycles. The summed E-state index contributed by atoms with van der Waals surface area (Å²) in [5.41, 5.74) is -0.540. The van der Waals surface area contributed by atoms with E-state index >= 15 is 0 Å². The molecule has 0 fully saturated rings. The summed E-state index contributed by atoms with van der Waals surface area (Å²) in [7, 11) is 0. The number of benzene rings is 3. The third-order valence-electron chi connectivity index (χ3n) is 4.19. The van der Waals surface area contributed by atoms with E-state index < -0.39 is 41.5 Å². The number of thiazole rings is 1. The predicted molar refractivity (Wildman–Crippen MR) is 104 cm³/mol. The van der Waals surface area contributed by atoms with E-state index in [0.29, 0.717) is 5.39 Å². The van der Waals surface area contributed by atoms with Crippen molar-refractivity contribution in [3.8, 4) is 5.75 Å². The number of phenolic OH excluding ortho intramolecular Hbond substituents is 1. The smallest absolute Gasteiger partial charge is 0.342 e. The van der Waals surface area contributed by atoms with Crippen molar-refractivity contribution in [3.05, 3.63) is 65.5 Å². The molecule has 0 bridgehead atoms. The lowest BCUT2D eigenvalue weighted by Crippen LogP contribution is -2.20. The second-order valence-electron chi connectivity index (χ2n) is 6.19. The number of amides is 1. The number of halogens is 3. The number of anilines is 1. The summed E-state index contributed by atoms with van der Waals surface area (Å²) in [5, 5.41) is 13.6. The third-order valence-corrected chi connectivity index (χ3v) is 5.10. The number of nitrogens with one attached hydrogen (secondary N) is 1. The summed E-state index contributed by atoms with van der Waals surface area (Å²) >= 11 is 0.727. The van der Waals surface area contributed by atoms with E-state index in [2.05, 4.69) is 10.3 Å². The van der Waals surface area contributed by atoms with Gasteiger partial charge in [-0.1, -0.05) is 35.6 Å². The quantitative estimate of drug-likeness (QED) is 0.369. The van der Waals surface area contributed by atoms with Crippen LogP contribution in [0.25, 0.3) is 21.0 Å². The number of fused-ring (bicyclic) bond motifs is 2. The Morgan fingerprint density at radius 3 is 2.50 bits per heavy atom. The van der Waals surface area contributed by atoms with Crippen molar-refractivity contribution in [2.45, 2.75) is 0 Å². The van der Waals surface area contributed by atoms with E-state index in [9.17, 15) is 27.9 Å². The highest BCUT2D eigenvalue weighted by Crippen LogP contribution is 2.30. The van der Waals surface area contributed by atoms with Crippen molar-refractivity contribution in [2.75, 3.05) is 11.9 Å². The van der Waals surface area contributed by atoms with Gasteiger partial charge in [-0.25, -0.2) is 22.9 Å². The Labute approximate surface area is 170 Å². The molecule has 30 heavy (non-hydrogen) atoms. The summed E-state index contributed by atoms with van der Waals surface area (Å²) in [4.78, 5) is 27.9. The molecule has 0 spiro atoms. The van der Waals surface area contributed by atoms with Crippen LogP contribution in [0.15, 0.2) is 42.5 Å². The normalized spacial score (nSPS) is 11.0. The lowest BCUT2D eigenvalue weighted by Gasteiger charge is -2.07. The van der Waals surface area contributed by atoms with Crippen LogP contribution in [0.3, 0.4) is 0 Å². The van der Waals surface area contributed by atoms with Crippen molar-refractivity contribution < 1.29 is 32.6 Å². The van der Waals surface area contributed by atoms with Gasteiger partial charge in [-0.15, -0.1) is 0 Å². The molecule has 0 aliphatic rings. The lowest BCUT2D eigenvalue weighted by atomic mass is 10.1. The Kier molecular flexibility index (Phi) is 5.00. The zero-order chi connectivity index (χ0) is 21.4. The fourth-order valence-corrected chi connectivity index (χ4v) is 3.69. The fourth-order valence-electron chi connectivity index (χ4n) is 2.78. The van der Waals surface area contributed by atoms with Gasteiger partial charge in [0.2, 0.25) is 0 Å². The molecule has 4 aromatic rings. The first-order valence-corrected chi connectivity index (χ1v) is 9.28. The maximum atomic E-state index is 13.7. The van der Waals surface area contributed by atoms with E-state index in [1.165, 1.54) is 12.1 Å². The van der Waals surface area contributed by atoms with Crippen molar-refractivity contribution in [1.82, 2.24) is 4.98 Å². The second kappa shape index (κ2) is 7.64. The van der Waals surface area contributed by atoms with E-state index in [1.807, 2.05) is 0 Å². The molecule has 1 amide bonds. The number of hydrogen-bond donors (Lipinski definition) is 2. The number of hydrogen-bond acceptors (Lipinski definition) is 6. The first kappa shape index (κ1) is 19.6. The summed E-state index contributed by atoms with van der Waals surface area (Å²) in [6.07, 6.45) is 0. The SMILES string of the molecule is O=C(COC(=O)c1cc2ccccc2cc1O)Nc1nc2c(F)c(F)c(F)cc2s1. The van der Waals surface area contributed by atoms with Crippen molar-refractivity contribution in [1.29, 1.82) is 0 Å². The molecule has 152 valence electrons. The molecular weight excluding hydrogens is 421 g/mol. The van der Waals surface area contributed by atoms with Crippen LogP contribution in [0.1, 0.15) is 10.4 Å². The number of carbonyl (C=O) groups excluding carboxylic acids is 2. The van der Waals surface area contributed by atoms with Gasteiger partial charge >= 0.3 is 5.97 Å². The number of esters is 1. The Morgan fingerprint density at radius 2 is 1.77 bits per heavy atom. The van der Waals surface area contributed by atoms with Crippen LogP contribution in [-0.2, 0) is 9.53 Å².